The summed E-state index contributed by atoms with van der Waals surface area (Å²) in [5.74, 6) is -3.02. The molecule has 1 aliphatic heterocycles. The van der Waals surface area contributed by atoms with Gasteiger partial charge >= 0.3 is 0 Å². The molecule has 2 rings (SSSR count). The lowest BCUT2D eigenvalue weighted by molar-refractivity contribution is -0.134. The number of amides is 1. The highest BCUT2D eigenvalue weighted by atomic mass is 35.5. The van der Waals surface area contributed by atoms with Gasteiger partial charge in [0.05, 0.1) is 12.6 Å². The summed E-state index contributed by atoms with van der Waals surface area (Å²) in [6.07, 6.45) is -0.407. The molecule has 0 saturated carbocycles. The van der Waals surface area contributed by atoms with Crippen LogP contribution in [0.2, 0.25) is 0 Å². The van der Waals surface area contributed by atoms with Gasteiger partial charge in [0.25, 0.3) is 5.92 Å². The van der Waals surface area contributed by atoms with Gasteiger partial charge in [0.2, 0.25) is 5.91 Å². The Kier molecular flexibility index (Phi) is 6.10. The second kappa shape index (κ2) is 7.18. The molecule has 0 aliphatic carbocycles. The normalized spacial score (nSPS) is 19.9. The Balaban J connectivity index is 0.00000220. The van der Waals surface area contributed by atoms with Crippen LogP contribution >= 0.6 is 12.4 Å². The third-order valence-corrected chi connectivity index (χ3v) is 3.72. The van der Waals surface area contributed by atoms with Gasteiger partial charge in [-0.2, -0.15) is 0 Å². The number of benzene rings is 1. The van der Waals surface area contributed by atoms with Crippen LogP contribution in [0, 0.1) is 6.92 Å². The first-order valence-electron chi connectivity index (χ1n) is 6.87. The Morgan fingerprint density at radius 1 is 1.43 bits per heavy atom. The molecule has 1 unspecified atom stereocenters. The third kappa shape index (κ3) is 4.38. The van der Waals surface area contributed by atoms with Crippen molar-refractivity contribution in [2.75, 3.05) is 13.1 Å². The number of hydrogen-bond donors (Lipinski definition) is 1. The van der Waals surface area contributed by atoms with Crippen LogP contribution in [-0.4, -0.2) is 35.9 Å². The minimum atomic E-state index is -2.78. The Morgan fingerprint density at radius 3 is 2.62 bits per heavy atom. The van der Waals surface area contributed by atoms with Crippen LogP contribution in [-0.2, 0) is 11.3 Å². The molecule has 1 aromatic rings. The van der Waals surface area contributed by atoms with Crippen molar-refractivity contribution in [1.29, 1.82) is 0 Å². The van der Waals surface area contributed by atoms with E-state index in [0.29, 0.717) is 13.1 Å². The summed E-state index contributed by atoms with van der Waals surface area (Å²) in [4.78, 5) is 13.9. The average molecular weight is 319 g/mol. The van der Waals surface area contributed by atoms with E-state index in [2.05, 4.69) is 5.32 Å². The lowest BCUT2D eigenvalue weighted by atomic mass is 10.1. The molecule has 118 valence electrons. The number of nitrogens with zero attached hydrogens (tertiary/aromatic N) is 1. The lowest BCUT2D eigenvalue weighted by Crippen LogP contribution is -2.43. The molecular formula is C15H21ClF2N2O. The molecule has 0 bridgehead atoms. The fourth-order valence-corrected chi connectivity index (χ4v) is 2.45. The van der Waals surface area contributed by atoms with Gasteiger partial charge in [-0.05, 0) is 25.0 Å². The number of carbonyl (C=O) groups excluding carboxylic acids is 1. The minimum absolute atomic E-state index is 0. The van der Waals surface area contributed by atoms with E-state index in [1.807, 2.05) is 38.1 Å². The first kappa shape index (κ1) is 17.9. The van der Waals surface area contributed by atoms with E-state index in [-0.39, 0.29) is 18.3 Å². The predicted molar refractivity (Wildman–Crippen MR) is 80.9 cm³/mol. The molecule has 0 spiro atoms. The molecule has 1 fully saturated rings. The van der Waals surface area contributed by atoms with Gasteiger partial charge in [-0.3, -0.25) is 10.1 Å². The molecule has 1 saturated heterocycles. The van der Waals surface area contributed by atoms with Crippen molar-refractivity contribution < 1.29 is 13.6 Å². The fraction of sp³-hybridized carbons (Fsp3) is 0.533. The van der Waals surface area contributed by atoms with Gasteiger partial charge in [0.15, 0.2) is 0 Å². The average Bonchev–Trinajstić information content (AvgIpc) is 2.77. The second-order valence-electron chi connectivity index (χ2n) is 5.27. The number of rotatable bonds is 4. The Morgan fingerprint density at radius 2 is 2.10 bits per heavy atom. The molecule has 0 aromatic heterocycles. The van der Waals surface area contributed by atoms with Crippen LogP contribution < -0.4 is 5.32 Å². The van der Waals surface area contributed by atoms with E-state index >= 15 is 0 Å². The number of halogens is 3. The first-order valence-corrected chi connectivity index (χ1v) is 6.87. The number of likely N-dealkylation sites (N-methyl/N-ethyl adjacent to an activating group) is 1. The van der Waals surface area contributed by atoms with Crippen molar-refractivity contribution in [3.8, 4) is 0 Å². The van der Waals surface area contributed by atoms with Crippen molar-refractivity contribution in [2.24, 2.45) is 0 Å². The molecular weight excluding hydrogens is 298 g/mol. The van der Waals surface area contributed by atoms with Gasteiger partial charge < -0.3 is 4.90 Å². The van der Waals surface area contributed by atoms with Crippen molar-refractivity contribution >= 4 is 18.3 Å². The summed E-state index contributed by atoms with van der Waals surface area (Å²) in [6.45, 7) is 4.41. The van der Waals surface area contributed by atoms with Crippen LogP contribution in [0.15, 0.2) is 24.3 Å². The van der Waals surface area contributed by atoms with Gasteiger partial charge in [0, 0.05) is 19.5 Å². The number of alkyl halides is 2. The van der Waals surface area contributed by atoms with E-state index < -0.39 is 24.9 Å². The zero-order valence-corrected chi connectivity index (χ0v) is 13.1. The summed E-state index contributed by atoms with van der Waals surface area (Å²) in [5, 5.41) is 2.62. The summed E-state index contributed by atoms with van der Waals surface area (Å²) in [5.41, 5.74) is 2.15. The topological polar surface area (TPSA) is 32.3 Å². The Bertz CT molecular complexity index is 496. The van der Waals surface area contributed by atoms with Crippen LogP contribution in [0.5, 0.6) is 0 Å². The van der Waals surface area contributed by atoms with E-state index in [1.54, 1.807) is 4.90 Å². The quantitative estimate of drug-likeness (QED) is 0.926. The number of nitrogens with one attached hydrogen (secondary N) is 1. The van der Waals surface area contributed by atoms with Crippen LogP contribution in [0.25, 0.3) is 0 Å². The zero-order valence-electron chi connectivity index (χ0n) is 12.2. The largest absolute Gasteiger partial charge is 0.337 e. The molecule has 1 aromatic carbocycles. The maximum Gasteiger partial charge on any atom is 0.262 e. The van der Waals surface area contributed by atoms with Gasteiger partial charge in [-0.1, -0.05) is 24.3 Å². The Hall–Kier alpha value is -1.20. The molecule has 1 aliphatic rings. The molecule has 1 amide bonds. The SMILES string of the molecule is CCN(Cc1ccccc1C)C(=O)C1CC(F)(F)CN1.Cl. The monoisotopic (exact) mass is 318 g/mol. The third-order valence-electron chi connectivity index (χ3n) is 3.72. The highest BCUT2D eigenvalue weighted by molar-refractivity contribution is 5.85. The minimum Gasteiger partial charge on any atom is -0.337 e. The van der Waals surface area contributed by atoms with Crippen LogP contribution in [0.1, 0.15) is 24.5 Å². The zero-order chi connectivity index (χ0) is 14.8. The maximum atomic E-state index is 13.2. The predicted octanol–water partition coefficient (Wildman–Crippen LogP) is 2.76. The highest BCUT2D eigenvalue weighted by Gasteiger charge is 2.43. The van der Waals surface area contributed by atoms with Crippen molar-refractivity contribution in [3.05, 3.63) is 35.4 Å². The number of aryl methyl sites for hydroxylation is 1. The van der Waals surface area contributed by atoms with Crippen molar-refractivity contribution in [1.82, 2.24) is 10.2 Å². The summed E-state index contributed by atoms with van der Waals surface area (Å²) in [6, 6.07) is 7.03. The molecule has 0 radical (unpaired) electrons. The van der Waals surface area contributed by atoms with Crippen LogP contribution in [0.3, 0.4) is 0 Å². The molecule has 21 heavy (non-hydrogen) atoms. The van der Waals surface area contributed by atoms with E-state index in [0.717, 1.165) is 11.1 Å². The highest BCUT2D eigenvalue weighted by Crippen LogP contribution is 2.26. The smallest absolute Gasteiger partial charge is 0.262 e. The summed E-state index contributed by atoms with van der Waals surface area (Å²) < 4.78 is 26.4. The molecule has 6 heteroatoms. The van der Waals surface area contributed by atoms with E-state index in [1.165, 1.54) is 0 Å². The maximum absolute atomic E-state index is 13.2. The molecule has 1 heterocycles. The summed E-state index contributed by atoms with van der Waals surface area (Å²) in [7, 11) is 0. The first-order chi connectivity index (χ1) is 9.43. The Labute approximate surface area is 130 Å². The second-order valence-corrected chi connectivity index (χ2v) is 5.27. The molecule has 3 nitrogen and oxygen atoms in total. The number of hydrogen-bond acceptors (Lipinski definition) is 2. The van der Waals surface area contributed by atoms with E-state index in [4.69, 9.17) is 0 Å². The molecule has 1 atom stereocenters. The van der Waals surface area contributed by atoms with E-state index in [9.17, 15) is 13.6 Å². The van der Waals surface area contributed by atoms with Gasteiger partial charge in [-0.15, -0.1) is 12.4 Å². The van der Waals surface area contributed by atoms with Crippen LogP contribution in [0.4, 0.5) is 8.78 Å². The van der Waals surface area contributed by atoms with Gasteiger partial charge in [-0.25, -0.2) is 8.78 Å². The number of carbonyl (C=O) groups is 1. The molecule has 1 N–H and O–H groups in total. The standard InChI is InChI=1S/C15H20F2N2O.ClH/c1-3-19(9-12-7-5-4-6-11(12)2)14(20)13-8-15(16,17)10-18-13;/h4-7,13,18H,3,8-10H2,1-2H3;1H. The summed E-state index contributed by atoms with van der Waals surface area (Å²) >= 11 is 0. The van der Waals surface area contributed by atoms with Crippen molar-refractivity contribution in [2.45, 2.75) is 38.8 Å². The van der Waals surface area contributed by atoms with Crippen molar-refractivity contribution in [3.63, 3.8) is 0 Å². The fourth-order valence-electron chi connectivity index (χ4n) is 2.45. The lowest BCUT2D eigenvalue weighted by Gasteiger charge is -2.25. The van der Waals surface area contributed by atoms with Gasteiger partial charge in [0.1, 0.15) is 0 Å².